The zero-order chi connectivity index (χ0) is 7.84. The van der Waals surface area contributed by atoms with Crippen molar-refractivity contribution >= 4 is 37.5 Å². The van der Waals surface area contributed by atoms with E-state index < -0.39 is 0 Å². The third kappa shape index (κ3) is 1.10. The van der Waals surface area contributed by atoms with Crippen LogP contribution in [0.3, 0.4) is 0 Å². The summed E-state index contributed by atoms with van der Waals surface area (Å²) in [5, 5.41) is 1.75. The summed E-state index contributed by atoms with van der Waals surface area (Å²) in [4.78, 5) is 10.4. The zero-order valence-electron chi connectivity index (χ0n) is 6.00. The highest BCUT2D eigenvalue weighted by Gasteiger charge is 2.06. The van der Waals surface area contributed by atoms with E-state index in [1.807, 2.05) is 0 Å². The fourth-order valence-electron chi connectivity index (χ4n) is 0.849. The summed E-state index contributed by atoms with van der Waals surface area (Å²) in [6, 6.07) is 0. The number of rotatable bonds is 1. The Kier molecular flexibility index (Phi) is 1.54. The standard InChI is InChI=1S/C6H7N3S2/c1-2-3-8-4-5(10-3)9-6(7)11-4/h2H2,1H3,(H2,7,9). The molecule has 0 unspecified atom stereocenters. The third-order valence-electron chi connectivity index (χ3n) is 1.34. The highest BCUT2D eigenvalue weighted by molar-refractivity contribution is 7.28. The summed E-state index contributed by atoms with van der Waals surface area (Å²) >= 11 is 3.08. The number of fused-ring (bicyclic) bond motifs is 1. The molecule has 2 N–H and O–H groups in total. The van der Waals surface area contributed by atoms with Crippen LogP contribution in [-0.2, 0) is 6.42 Å². The van der Waals surface area contributed by atoms with Crippen molar-refractivity contribution in [3.05, 3.63) is 5.01 Å². The van der Waals surface area contributed by atoms with Crippen LogP contribution in [0.15, 0.2) is 0 Å². The lowest BCUT2D eigenvalue weighted by molar-refractivity contribution is 1.11. The van der Waals surface area contributed by atoms with Gasteiger partial charge in [-0.1, -0.05) is 29.6 Å². The van der Waals surface area contributed by atoms with Gasteiger partial charge >= 0.3 is 0 Å². The Balaban J connectivity index is 2.64. The molecule has 2 heterocycles. The lowest BCUT2D eigenvalue weighted by Crippen LogP contribution is -1.78. The molecule has 0 aromatic carbocycles. The van der Waals surface area contributed by atoms with Crippen molar-refractivity contribution in [2.75, 3.05) is 5.73 Å². The monoisotopic (exact) mass is 185 g/mol. The minimum absolute atomic E-state index is 0.612. The number of hydrogen-bond acceptors (Lipinski definition) is 5. The van der Waals surface area contributed by atoms with E-state index in [0.29, 0.717) is 5.13 Å². The predicted octanol–water partition coefficient (Wildman–Crippen LogP) is 1.90. The van der Waals surface area contributed by atoms with Gasteiger partial charge in [0.05, 0.1) is 5.01 Å². The van der Waals surface area contributed by atoms with Crippen LogP contribution in [0.1, 0.15) is 11.9 Å². The molecule has 0 aliphatic carbocycles. The Bertz CT molecular complexity index is 344. The third-order valence-corrected chi connectivity index (χ3v) is 3.34. The zero-order valence-corrected chi connectivity index (χ0v) is 7.63. The molecule has 0 spiro atoms. The maximum atomic E-state index is 5.50. The van der Waals surface area contributed by atoms with Crippen molar-refractivity contribution in [1.29, 1.82) is 0 Å². The molecule has 0 aliphatic rings. The molecular formula is C6H7N3S2. The molecule has 0 saturated heterocycles. The fourth-order valence-corrected chi connectivity index (χ4v) is 2.62. The van der Waals surface area contributed by atoms with E-state index in [2.05, 4.69) is 16.9 Å². The van der Waals surface area contributed by atoms with Gasteiger partial charge < -0.3 is 5.73 Å². The van der Waals surface area contributed by atoms with Crippen LogP contribution in [0, 0.1) is 0 Å². The molecule has 3 nitrogen and oxygen atoms in total. The number of nitrogens with two attached hydrogens (primary N) is 1. The number of nitrogen functional groups attached to an aromatic ring is 1. The number of thiazole rings is 2. The molecule has 2 rings (SSSR count). The van der Waals surface area contributed by atoms with E-state index in [1.54, 1.807) is 11.3 Å². The number of aryl methyl sites for hydroxylation is 1. The fraction of sp³-hybridized carbons (Fsp3) is 0.333. The molecule has 0 atom stereocenters. The number of nitrogens with zero attached hydrogens (tertiary/aromatic N) is 2. The summed E-state index contributed by atoms with van der Waals surface area (Å²) in [7, 11) is 0. The van der Waals surface area contributed by atoms with E-state index in [-0.39, 0.29) is 0 Å². The van der Waals surface area contributed by atoms with Crippen molar-refractivity contribution in [1.82, 2.24) is 9.97 Å². The Morgan fingerprint density at radius 1 is 1.27 bits per heavy atom. The summed E-state index contributed by atoms with van der Waals surface area (Å²) in [5.41, 5.74) is 5.50. The second kappa shape index (κ2) is 2.42. The summed E-state index contributed by atoms with van der Waals surface area (Å²) in [6.07, 6.45) is 0.980. The van der Waals surface area contributed by atoms with Crippen LogP contribution in [-0.4, -0.2) is 9.97 Å². The first-order valence-corrected chi connectivity index (χ1v) is 4.94. The normalized spacial score (nSPS) is 11.0. The maximum absolute atomic E-state index is 5.50. The highest BCUT2D eigenvalue weighted by atomic mass is 32.1. The molecule has 0 aliphatic heterocycles. The van der Waals surface area contributed by atoms with Crippen LogP contribution < -0.4 is 5.73 Å². The Hall–Kier alpha value is -0.680. The Morgan fingerprint density at radius 3 is 2.64 bits per heavy atom. The first kappa shape index (κ1) is 7.00. The molecule has 0 saturated carbocycles. The number of aromatic nitrogens is 2. The van der Waals surface area contributed by atoms with E-state index >= 15 is 0 Å². The molecule has 0 fully saturated rings. The smallest absolute Gasteiger partial charge is 0.183 e. The van der Waals surface area contributed by atoms with Gasteiger partial charge in [0.25, 0.3) is 0 Å². The Labute approximate surface area is 71.9 Å². The topological polar surface area (TPSA) is 51.8 Å². The first-order chi connectivity index (χ1) is 5.29. The van der Waals surface area contributed by atoms with Gasteiger partial charge in [-0.05, 0) is 6.42 Å². The number of anilines is 1. The van der Waals surface area contributed by atoms with Crippen LogP contribution in [0.2, 0.25) is 0 Å². The molecule has 2 aromatic rings. The molecule has 58 valence electrons. The molecule has 11 heavy (non-hydrogen) atoms. The van der Waals surface area contributed by atoms with Gasteiger partial charge in [0.1, 0.15) is 0 Å². The highest BCUT2D eigenvalue weighted by Crippen LogP contribution is 2.28. The molecule has 0 bridgehead atoms. The van der Waals surface area contributed by atoms with Gasteiger partial charge in [-0.25, -0.2) is 9.97 Å². The van der Waals surface area contributed by atoms with Gasteiger partial charge in [-0.2, -0.15) is 0 Å². The summed E-state index contributed by atoms with van der Waals surface area (Å²) < 4.78 is 0. The molecule has 0 amide bonds. The molecule has 5 heteroatoms. The van der Waals surface area contributed by atoms with Crippen molar-refractivity contribution in [3.8, 4) is 0 Å². The van der Waals surface area contributed by atoms with Crippen LogP contribution in [0.25, 0.3) is 9.66 Å². The molecule has 0 radical (unpaired) electrons. The summed E-state index contributed by atoms with van der Waals surface area (Å²) in [5.74, 6) is 0. The molecular weight excluding hydrogens is 178 g/mol. The average Bonchev–Trinajstić information content (AvgIpc) is 2.43. The minimum atomic E-state index is 0.612. The van der Waals surface area contributed by atoms with Gasteiger partial charge in [0, 0.05) is 0 Å². The van der Waals surface area contributed by atoms with Crippen LogP contribution in [0.5, 0.6) is 0 Å². The van der Waals surface area contributed by atoms with Crippen molar-refractivity contribution in [3.63, 3.8) is 0 Å². The maximum Gasteiger partial charge on any atom is 0.183 e. The SMILES string of the molecule is CCc1nc2sc(N)nc2s1. The van der Waals surface area contributed by atoms with Gasteiger partial charge in [0.15, 0.2) is 14.8 Å². The second-order valence-corrected chi connectivity index (χ2v) is 4.19. The van der Waals surface area contributed by atoms with Crippen LogP contribution in [0.4, 0.5) is 5.13 Å². The van der Waals surface area contributed by atoms with Crippen molar-refractivity contribution < 1.29 is 0 Å². The van der Waals surface area contributed by atoms with E-state index in [4.69, 9.17) is 5.73 Å². The van der Waals surface area contributed by atoms with Crippen molar-refractivity contribution in [2.45, 2.75) is 13.3 Å². The quantitative estimate of drug-likeness (QED) is 0.738. The number of hydrogen-bond donors (Lipinski definition) is 1. The lowest BCUT2D eigenvalue weighted by Gasteiger charge is -1.80. The van der Waals surface area contributed by atoms with E-state index in [9.17, 15) is 0 Å². The largest absolute Gasteiger partial charge is 0.375 e. The van der Waals surface area contributed by atoms with Crippen molar-refractivity contribution in [2.24, 2.45) is 0 Å². The van der Waals surface area contributed by atoms with Crippen LogP contribution >= 0.6 is 22.7 Å². The second-order valence-electron chi connectivity index (χ2n) is 2.12. The van der Waals surface area contributed by atoms with Gasteiger partial charge in [0.2, 0.25) is 0 Å². The minimum Gasteiger partial charge on any atom is -0.375 e. The summed E-state index contributed by atoms with van der Waals surface area (Å²) in [6.45, 7) is 2.09. The Morgan fingerprint density at radius 2 is 2.00 bits per heavy atom. The van der Waals surface area contributed by atoms with E-state index in [0.717, 1.165) is 21.1 Å². The molecule has 2 aromatic heterocycles. The lowest BCUT2D eigenvalue weighted by atomic mass is 10.5. The van der Waals surface area contributed by atoms with Gasteiger partial charge in [-0.3, -0.25) is 0 Å². The average molecular weight is 185 g/mol. The van der Waals surface area contributed by atoms with Gasteiger partial charge in [-0.15, -0.1) is 0 Å². The van der Waals surface area contributed by atoms with E-state index in [1.165, 1.54) is 11.3 Å². The predicted molar refractivity (Wildman–Crippen MR) is 49.1 cm³/mol. The first-order valence-electron chi connectivity index (χ1n) is 3.31.